The summed E-state index contributed by atoms with van der Waals surface area (Å²) in [6.07, 6.45) is 3.61. The van der Waals surface area contributed by atoms with E-state index in [-0.39, 0.29) is 18.4 Å². The van der Waals surface area contributed by atoms with E-state index in [1.807, 2.05) is 6.92 Å². The predicted octanol–water partition coefficient (Wildman–Crippen LogP) is 1.19. The van der Waals surface area contributed by atoms with Crippen molar-refractivity contribution in [3.05, 3.63) is 0 Å². The van der Waals surface area contributed by atoms with Gasteiger partial charge in [-0.1, -0.05) is 19.8 Å². The third-order valence-corrected chi connectivity index (χ3v) is 4.63. The van der Waals surface area contributed by atoms with E-state index in [0.717, 1.165) is 32.1 Å². The first-order valence-corrected chi connectivity index (χ1v) is 7.39. The number of urea groups is 1. The fraction of sp³-hybridized carbons (Fsp3) is 0.857. The monoisotopic (exact) mass is 284 g/mol. The summed E-state index contributed by atoms with van der Waals surface area (Å²) < 4.78 is 0. The summed E-state index contributed by atoms with van der Waals surface area (Å²) in [6, 6.07) is -0.237. The number of aliphatic hydroxyl groups excluding tert-OH is 1. The lowest BCUT2D eigenvalue weighted by molar-refractivity contribution is -0.138. The van der Waals surface area contributed by atoms with Crippen molar-refractivity contribution in [1.82, 2.24) is 10.2 Å². The molecule has 1 aliphatic heterocycles. The van der Waals surface area contributed by atoms with Gasteiger partial charge < -0.3 is 20.4 Å². The Hall–Kier alpha value is -1.30. The van der Waals surface area contributed by atoms with Gasteiger partial charge >= 0.3 is 12.0 Å². The molecule has 2 atom stereocenters. The Morgan fingerprint density at radius 1 is 1.35 bits per heavy atom. The van der Waals surface area contributed by atoms with Gasteiger partial charge in [0.2, 0.25) is 0 Å². The van der Waals surface area contributed by atoms with Crippen molar-refractivity contribution in [1.29, 1.82) is 0 Å². The maximum Gasteiger partial charge on any atom is 0.317 e. The number of nitrogens with zero attached hydrogens (tertiary/aromatic N) is 1. The van der Waals surface area contributed by atoms with Crippen LogP contribution in [0.15, 0.2) is 0 Å². The van der Waals surface area contributed by atoms with Crippen molar-refractivity contribution in [2.45, 2.75) is 57.1 Å². The topological polar surface area (TPSA) is 89.9 Å². The van der Waals surface area contributed by atoms with Crippen LogP contribution >= 0.6 is 0 Å². The molecule has 2 unspecified atom stereocenters. The molecular weight excluding hydrogens is 260 g/mol. The minimum absolute atomic E-state index is 0.0223. The highest BCUT2D eigenvalue weighted by atomic mass is 16.4. The van der Waals surface area contributed by atoms with Gasteiger partial charge in [0, 0.05) is 13.1 Å². The number of aliphatic hydroxyl groups is 1. The minimum Gasteiger partial charge on any atom is -0.481 e. The van der Waals surface area contributed by atoms with Crippen LogP contribution < -0.4 is 5.32 Å². The second-order valence-corrected chi connectivity index (χ2v) is 6.27. The van der Waals surface area contributed by atoms with E-state index in [2.05, 4.69) is 5.32 Å². The van der Waals surface area contributed by atoms with Gasteiger partial charge in [0.1, 0.15) is 0 Å². The predicted molar refractivity (Wildman–Crippen MR) is 73.3 cm³/mol. The number of carboxylic acids is 1. The van der Waals surface area contributed by atoms with Crippen LogP contribution in [-0.4, -0.2) is 51.8 Å². The second-order valence-electron chi connectivity index (χ2n) is 6.27. The summed E-state index contributed by atoms with van der Waals surface area (Å²) in [5, 5.41) is 21.8. The smallest absolute Gasteiger partial charge is 0.317 e. The molecule has 1 saturated heterocycles. The third-order valence-electron chi connectivity index (χ3n) is 4.63. The van der Waals surface area contributed by atoms with Crippen molar-refractivity contribution >= 4 is 12.0 Å². The molecule has 0 bridgehead atoms. The molecule has 1 saturated carbocycles. The summed E-state index contributed by atoms with van der Waals surface area (Å²) in [4.78, 5) is 24.9. The van der Waals surface area contributed by atoms with E-state index in [0.29, 0.717) is 13.1 Å². The van der Waals surface area contributed by atoms with E-state index >= 15 is 0 Å². The van der Waals surface area contributed by atoms with E-state index < -0.39 is 17.6 Å². The lowest BCUT2D eigenvalue weighted by atomic mass is 9.93. The fourth-order valence-electron chi connectivity index (χ4n) is 3.23. The number of carbonyl (C=O) groups is 2. The number of rotatable bonds is 3. The number of aliphatic carboxylic acids is 1. The largest absolute Gasteiger partial charge is 0.481 e. The average molecular weight is 284 g/mol. The molecule has 6 nitrogen and oxygen atoms in total. The van der Waals surface area contributed by atoms with Gasteiger partial charge in [-0.3, -0.25) is 4.79 Å². The Balaban J connectivity index is 1.96. The molecule has 0 spiro atoms. The number of amides is 2. The highest BCUT2D eigenvalue weighted by Crippen LogP contribution is 2.33. The zero-order valence-corrected chi connectivity index (χ0v) is 12.0. The normalized spacial score (nSPS) is 29.2. The molecule has 2 amide bonds. The highest BCUT2D eigenvalue weighted by Gasteiger charge is 2.39. The van der Waals surface area contributed by atoms with E-state index in [1.54, 1.807) is 4.90 Å². The van der Waals surface area contributed by atoms with E-state index in [1.165, 1.54) is 0 Å². The van der Waals surface area contributed by atoms with Crippen molar-refractivity contribution in [2.75, 3.05) is 13.1 Å². The third kappa shape index (κ3) is 3.42. The summed E-state index contributed by atoms with van der Waals surface area (Å²) >= 11 is 0. The summed E-state index contributed by atoms with van der Waals surface area (Å²) in [7, 11) is 0. The summed E-state index contributed by atoms with van der Waals surface area (Å²) in [5.74, 6) is -0.669. The van der Waals surface area contributed by atoms with Crippen LogP contribution in [0.25, 0.3) is 0 Å². The fourth-order valence-corrected chi connectivity index (χ4v) is 3.23. The van der Waals surface area contributed by atoms with Crippen LogP contribution in [0.1, 0.15) is 45.4 Å². The van der Waals surface area contributed by atoms with Crippen molar-refractivity contribution < 1.29 is 19.8 Å². The van der Waals surface area contributed by atoms with Crippen LogP contribution in [0.4, 0.5) is 4.79 Å². The Bertz CT molecular complexity index is 379. The van der Waals surface area contributed by atoms with Gasteiger partial charge in [0.05, 0.1) is 18.1 Å². The first kappa shape index (κ1) is 15.1. The van der Waals surface area contributed by atoms with Gasteiger partial charge in [0.25, 0.3) is 0 Å². The lowest BCUT2D eigenvalue weighted by Gasteiger charge is -2.37. The molecule has 0 aromatic rings. The molecular formula is C14H24N2O4. The van der Waals surface area contributed by atoms with Gasteiger partial charge in [-0.25, -0.2) is 4.79 Å². The molecule has 1 aliphatic carbocycles. The van der Waals surface area contributed by atoms with Gasteiger partial charge in [-0.05, 0) is 25.2 Å². The van der Waals surface area contributed by atoms with Crippen LogP contribution in [-0.2, 0) is 4.79 Å². The number of likely N-dealkylation sites (tertiary alicyclic amines) is 1. The van der Waals surface area contributed by atoms with Crippen molar-refractivity contribution in [3.63, 3.8) is 0 Å². The van der Waals surface area contributed by atoms with E-state index in [4.69, 9.17) is 5.11 Å². The molecule has 114 valence electrons. The SMILES string of the molecule is CC1CCN(C(=O)NC2(CC(=O)O)CCCC2)CC1O. The average Bonchev–Trinajstić information content (AvgIpc) is 2.79. The maximum absolute atomic E-state index is 12.3. The molecule has 6 heteroatoms. The number of piperidine rings is 1. The lowest BCUT2D eigenvalue weighted by Crippen LogP contribution is -2.56. The maximum atomic E-state index is 12.3. The number of carboxylic acid groups (broad SMARTS) is 1. The minimum atomic E-state index is -0.875. The van der Waals surface area contributed by atoms with Gasteiger partial charge in [-0.15, -0.1) is 0 Å². The molecule has 2 rings (SSSR count). The van der Waals surface area contributed by atoms with Crippen molar-refractivity contribution in [3.8, 4) is 0 Å². The Morgan fingerprint density at radius 3 is 2.55 bits per heavy atom. The molecule has 2 fully saturated rings. The number of nitrogens with one attached hydrogen (secondary N) is 1. The number of carbonyl (C=O) groups excluding carboxylic acids is 1. The zero-order valence-electron chi connectivity index (χ0n) is 12.0. The Labute approximate surface area is 119 Å². The molecule has 0 aromatic heterocycles. The molecule has 3 N–H and O–H groups in total. The number of hydrogen-bond donors (Lipinski definition) is 3. The quantitative estimate of drug-likeness (QED) is 0.726. The standard InChI is InChI=1S/C14H24N2O4/c1-10-4-7-16(9-11(10)17)13(20)15-14(8-12(18)19)5-2-3-6-14/h10-11,17H,2-9H2,1H3,(H,15,20)(H,18,19). The molecule has 0 radical (unpaired) electrons. The van der Waals surface area contributed by atoms with Crippen molar-refractivity contribution in [2.24, 2.45) is 5.92 Å². The Kier molecular flexibility index (Phi) is 4.52. The second kappa shape index (κ2) is 5.99. The molecule has 1 heterocycles. The molecule has 2 aliphatic rings. The molecule has 20 heavy (non-hydrogen) atoms. The van der Waals surface area contributed by atoms with Gasteiger partial charge in [-0.2, -0.15) is 0 Å². The summed E-state index contributed by atoms with van der Waals surface area (Å²) in [6.45, 7) is 2.92. The Morgan fingerprint density at radius 2 is 2.00 bits per heavy atom. The van der Waals surface area contributed by atoms with Gasteiger partial charge in [0.15, 0.2) is 0 Å². The molecule has 0 aromatic carbocycles. The number of hydrogen-bond acceptors (Lipinski definition) is 3. The summed E-state index contributed by atoms with van der Waals surface area (Å²) in [5.41, 5.74) is -0.600. The van der Waals surface area contributed by atoms with Crippen LogP contribution in [0.3, 0.4) is 0 Å². The zero-order chi connectivity index (χ0) is 14.8. The van der Waals surface area contributed by atoms with Crippen LogP contribution in [0, 0.1) is 5.92 Å². The van der Waals surface area contributed by atoms with Crippen LogP contribution in [0.2, 0.25) is 0 Å². The highest BCUT2D eigenvalue weighted by molar-refractivity contribution is 5.77. The first-order chi connectivity index (χ1) is 9.42. The van der Waals surface area contributed by atoms with E-state index in [9.17, 15) is 14.7 Å². The number of β-amino-alcohol motifs (C(OH)–C–C–N with tert-alkyl or cyclic N) is 1. The van der Waals surface area contributed by atoms with Crippen LogP contribution in [0.5, 0.6) is 0 Å². The first-order valence-electron chi connectivity index (χ1n) is 7.39.